The number of ether oxygens (including phenoxy) is 2. The molecule has 2 heterocycles. The number of methoxy groups -OCH3 is 1. The standard InChI is InChI=1S/C18H21N3O3S/c1-23-14-5-2-4-13(10-14)16-7-8-18(21-20-16)25-12-17(22)19-11-15-6-3-9-24-15/h2,4-5,7-8,10,15H,3,6,9,11-12H2,1H3,(H,19,22)/t15-/m1/s1. The van der Waals surface area contributed by atoms with Gasteiger partial charge in [-0.25, -0.2) is 0 Å². The van der Waals surface area contributed by atoms with Crippen LogP contribution in [0.1, 0.15) is 12.8 Å². The molecule has 3 rings (SSSR count). The SMILES string of the molecule is COc1cccc(-c2ccc(SCC(=O)NC[C@H]3CCCO3)nn2)c1. The van der Waals surface area contributed by atoms with Crippen molar-refractivity contribution in [3.8, 4) is 17.0 Å². The maximum atomic E-state index is 11.9. The van der Waals surface area contributed by atoms with Crippen LogP contribution < -0.4 is 10.1 Å². The molecule has 1 amide bonds. The summed E-state index contributed by atoms with van der Waals surface area (Å²) in [5, 5.41) is 12.0. The third kappa shape index (κ3) is 5.17. The highest BCUT2D eigenvalue weighted by Gasteiger charge is 2.16. The number of nitrogens with one attached hydrogen (secondary N) is 1. The van der Waals surface area contributed by atoms with Crippen molar-refractivity contribution in [2.75, 3.05) is 26.0 Å². The van der Waals surface area contributed by atoms with Crippen LogP contribution in [0.3, 0.4) is 0 Å². The topological polar surface area (TPSA) is 73.3 Å². The number of carbonyl (C=O) groups excluding carboxylic acids is 1. The quantitative estimate of drug-likeness (QED) is 0.766. The van der Waals surface area contributed by atoms with Crippen molar-refractivity contribution in [2.24, 2.45) is 0 Å². The molecule has 7 heteroatoms. The molecule has 1 aliphatic rings. The molecule has 0 aliphatic carbocycles. The van der Waals surface area contributed by atoms with E-state index in [0.29, 0.717) is 12.3 Å². The number of benzene rings is 1. The van der Waals surface area contributed by atoms with Crippen molar-refractivity contribution in [1.29, 1.82) is 0 Å². The van der Waals surface area contributed by atoms with E-state index in [0.717, 1.165) is 41.5 Å². The van der Waals surface area contributed by atoms with E-state index in [-0.39, 0.29) is 12.0 Å². The van der Waals surface area contributed by atoms with Crippen LogP contribution in [0.25, 0.3) is 11.3 Å². The van der Waals surface area contributed by atoms with Crippen LogP contribution >= 0.6 is 11.8 Å². The van der Waals surface area contributed by atoms with E-state index in [1.165, 1.54) is 11.8 Å². The highest BCUT2D eigenvalue weighted by atomic mass is 32.2. The van der Waals surface area contributed by atoms with Crippen molar-refractivity contribution >= 4 is 17.7 Å². The van der Waals surface area contributed by atoms with Crippen LogP contribution in [0.4, 0.5) is 0 Å². The lowest BCUT2D eigenvalue weighted by molar-refractivity contribution is -0.119. The van der Waals surface area contributed by atoms with Gasteiger partial charge in [-0.2, -0.15) is 0 Å². The summed E-state index contributed by atoms with van der Waals surface area (Å²) in [7, 11) is 1.63. The highest BCUT2D eigenvalue weighted by molar-refractivity contribution is 7.99. The van der Waals surface area contributed by atoms with E-state index in [4.69, 9.17) is 9.47 Å². The molecule has 1 N–H and O–H groups in total. The molecule has 0 radical (unpaired) electrons. The summed E-state index contributed by atoms with van der Waals surface area (Å²) in [6.07, 6.45) is 2.26. The lowest BCUT2D eigenvalue weighted by Crippen LogP contribution is -2.32. The Morgan fingerprint density at radius 2 is 2.28 bits per heavy atom. The number of thioether (sulfide) groups is 1. The number of nitrogens with zero attached hydrogens (tertiary/aromatic N) is 2. The Balaban J connectivity index is 1.49. The smallest absolute Gasteiger partial charge is 0.230 e. The largest absolute Gasteiger partial charge is 0.497 e. The van der Waals surface area contributed by atoms with Gasteiger partial charge in [0.15, 0.2) is 0 Å². The summed E-state index contributed by atoms with van der Waals surface area (Å²) in [5.74, 6) is 1.08. The molecule has 1 aliphatic heterocycles. The Hall–Kier alpha value is -2.12. The van der Waals surface area contributed by atoms with Gasteiger partial charge in [0.2, 0.25) is 5.91 Å². The maximum absolute atomic E-state index is 11.9. The molecule has 1 aromatic carbocycles. The monoisotopic (exact) mass is 359 g/mol. The summed E-state index contributed by atoms with van der Waals surface area (Å²) < 4.78 is 10.7. The summed E-state index contributed by atoms with van der Waals surface area (Å²) in [6, 6.07) is 11.4. The number of hydrogen-bond donors (Lipinski definition) is 1. The Bertz CT molecular complexity index is 703. The predicted octanol–water partition coefficient (Wildman–Crippen LogP) is 2.54. The van der Waals surface area contributed by atoms with E-state index in [1.807, 2.05) is 36.4 Å². The fourth-order valence-corrected chi connectivity index (χ4v) is 3.20. The van der Waals surface area contributed by atoms with Gasteiger partial charge in [-0.15, -0.1) is 10.2 Å². The van der Waals surface area contributed by atoms with Crippen molar-refractivity contribution in [2.45, 2.75) is 24.0 Å². The molecular formula is C18H21N3O3S. The molecule has 1 aromatic heterocycles. The van der Waals surface area contributed by atoms with Crippen LogP contribution in [0.2, 0.25) is 0 Å². The van der Waals surface area contributed by atoms with Gasteiger partial charge >= 0.3 is 0 Å². The first-order chi connectivity index (χ1) is 12.2. The highest BCUT2D eigenvalue weighted by Crippen LogP contribution is 2.23. The minimum atomic E-state index is -0.0147. The third-order valence-corrected chi connectivity index (χ3v) is 4.83. The van der Waals surface area contributed by atoms with Crippen LogP contribution in [0.15, 0.2) is 41.4 Å². The zero-order valence-corrected chi connectivity index (χ0v) is 14.9. The average molecular weight is 359 g/mol. The summed E-state index contributed by atoms with van der Waals surface area (Å²) in [6.45, 7) is 1.38. The molecule has 0 bridgehead atoms. The number of amides is 1. The van der Waals surface area contributed by atoms with E-state index in [2.05, 4.69) is 15.5 Å². The number of rotatable bonds is 7. The van der Waals surface area contributed by atoms with Gasteiger partial charge in [-0.1, -0.05) is 23.9 Å². The molecule has 1 atom stereocenters. The van der Waals surface area contributed by atoms with Crippen molar-refractivity contribution < 1.29 is 14.3 Å². The second-order valence-electron chi connectivity index (χ2n) is 5.72. The van der Waals surface area contributed by atoms with Crippen molar-refractivity contribution in [1.82, 2.24) is 15.5 Å². The molecule has 25 heavy (non-hydrogen) atoms. The van der Waals surface area contributed by atoms with E-state index in [1.54, 1.807) is 7.11 Å². The Morgan fingerprint density at radius 1 is 1.36 bits per heavy atom. The van der Waals surface area contributed by atoms with E-state index < -0.39 is 0 Å². The molecule has 0 unspecified atom stereocenters. The molecule has 0 saturated carbocycles. The summed E-state index contributed by atoms with van der Waals surface area (Å²) in [5.41, 5.74) is 1.71. The van der Waals surface area contributed by atoms with Gasteiger partial charge < -0.3 is 14.8 Å². The van der Waals surface area contributed by atoms with Crippen LogP contribution in [0, 0.1) is 0 Å². The first-order valence-corrected chi connectivity index (χ1v) is 9.22. The molecule has 0 spiro atoms. The molecule has 6 nitrogen and oxygen atoms in total. The van der Waals surface area contributed by atoms with Gasteiger partial charge in [-0.3, -0.25) is 4.79 Å². The van der Waals surface area contributed by atoms with Gasteiger partial charge in [0.05, 0.1) is 24.7 Å². The van der Waals surface area contributed by atoms with Crippen LogP contribution in [-0.2, 0) is 9.53 Å². The van der Waals surface area contributed by atoms with Crippen molar-refractivity contribution in [3.05, 3.63) is 36.4 Å². The fourth-order valence-electron chi connectivity index (χ4n) is 2.56. The third-order valence-electron chi connectivity index (χ3n) is 3.91. The number of hydrogen-bond acceptors (Lipinski definition) is 6. The van der Waals surface area contributed by atoms with E-state index in [9.17, 15) is 4.79 Å². The summed E-state index contributed by atoms with van der Waals surface area (Å²) in [4.78, 5) is 11.9. The lowest BCUT2D eigenvalue weighted by Gasteiger charge is -2.10. The summed E-state index contributed by atoms with van der Waals surface area (Å²) >= 11 is 1.37. The molecule has 132 valence electrons. The zero-order chi connectivity index (χ0) is 17.5. The lowest BCUT2D eigenvalue weighted by atomic mass is 10.1. The molecule has 1 saturated heterocycles. The molecule has 2 aromatic rings. The van der Waals surface area contributed by atoms with Gasteiger partial charge in [0, 0.05) is 18.7 Å². The Morgan fingerprint density at radius 3 is 3.00 bits per heavy atom. The minimum absolute atomic E-state index is 0.0147. The zero-order valence-electron chi connectivity index (χ0n) is 14.1. The second-order valence-corrected chi connectivity index (χ2v) is 6.71. The number of carbonyl (C=O) groups is 1. The first-order valence-electron chi connectivity index (χ1n) is 8.24. The minimum Gasteiger partial charge on any atom is -0.497 e. The molecule has 1 fully saturated rings. The maximum Gasteiger partial charge on any atom is 0.230 e. The van der Waals surface area contributed by atoms with Crippen molar-refractivity contribution in [3.63, 3.8) is 0 Å². The Labute approximate surface area is 151 Å². The van der Waals surface area contributed by atoms with Gasteiger partial charge in [0.25, 0.3) is 0 Å². The fraction of sp³-hybridized carbons (Fsp3) is 0.389. The predicted molar refractivity (Wildman–Crippen MR) is 96.7 cm³/mol. The average Bonchev–Trinajstić information content (AvgIpc) is 3.19. The van der Waals surface area contributed by atoms with Crippen LogP contribution in [0.5, 0.6) is 5.75 Å². The Kier molecular flexibility index (Phi) is 6.25. The first kappa shape index (κ1) is 17.7. The van der Waals surface area contributed by atoms with Gasteiger partial charge in [-0.05, 0) is 37.1 Å². The van der Waals surface area contributed by atoms with Crippen LogP contribution in [-0.4, -0.2) is 48.2 Å². The number of aromatic nitrogens is 2. The second kappa shape index (κ2) is 8.82. The van der Waals surface area contributed by atoms with Gasteiger partial charge in [0.1, 0.15) is 10.8 Å². The normalized spacial score (nSPS) is 16.6. The van der Waals surface area contributed by atoms with E-state index >= 15 is 0 Å². The molecular weight excluding hydrogens is 338 g/mol.